The molecule has 1 aromatic carbocycles. The number of rotatable bonds is 9. The van der Waals surface area contributed by atoms with Crippen molar-refractivity contribution in [2.75, 3.05) is 12.8 Å². The molecule has 3 rings (SSSR count). The zero-order chi connectivity index (χ0) is 29.3. The van der Waals surface area contributed by atoms with E-state index in [1.165, 1.54) is 19.2 Å². The van der Waals surface area contributed by atoms with Crippen molar-refractivity contribution in [3.05, 3.63) is 34.5 Å². The van der Waals surface area contributed by atoms with E-state index < -0.39 is 57.5 Å². The van der Waals surface area contributed by atoms with Gasteiger partial charge in [-0.1, -0.05) is 24.6 Å². The van der Waals surface area contributed by atoms with Crippen LogP contribution in [0.15, 0.2) is 18.2 Å². The van der Waals surface area contributed by atoms with Gasteiger partial charge in [0.25, 0.3) is 5.91 Å². The highest BCUT2D eigenvalue weighted by molar-refractivity contribution is 7.91. The Morgan fingerprint density at radius 1 is 1.31 bits per heavy atom. The number of aromatic nitrogens is 2. The lowest BCUT2D eigenvalue weighted by atomic mass is 9.84. The number of sulfone groups is 1. The van der Waals surface area contributed by atoms with Crippen LogP contribution in [-0.2, 0) is 23.3 Å². The van der Waals surface area contributed by atoms with Crippen LogP contribution >= 0.6 is 11.6 Å². The van der Waals surface area contributed by atoms with Gasteiger partial charge in [0.2, 0.25) is 0 Å². The van der Waals surface area contributed by atoms with Gasteiger partial charge in [-0.25, -0.2) is 8.42 Å². The first kappa shape index (κ1) is 31.1. The summed E-state index contributed by atoms with van der Waals surface area (Å²) in [5.74, 6) is -2.94. The van der Waals surface area contributed by atoms with E-state index in [2.05, 4.69) is 15.2 Å². The number of nitrogens with zero attached hydrogens (tertiary/aromatic N) is 2. The maximum Gasteiger partial charge on any atom is 0.391 e. The quantitative estimate of drug-likeness (QED) is 0.409. The summed E-state index contributed by atoms with van der Waals surface area (Å²) in [6, 6.07) is 3.65. The van der Waals surface area contributed by atoms with Gasteiger partial charge in [0, 0.05) is 25.4 Å². The third kappa shape index (κ3) is 7.60. The molecule has 39 heavy (non-hydrogen) atoms. The average molecular weight is 602 g/mol. The second kappa shape index (κ2) is 11.6. The molecule has 1 amide bonds. The lowest BCUT2D eigenvalue weighted by Gasteiger charge is -2.35. The molecule has 1 saturated carbocycles. The monoisotopic (exact) mass is 601 g/mol. The van der Waals surface area contributed by atoms with Crippen molar-refractivity contribution in [1.82, 2.24) is 15.1 Å². The molecule has 2 N–H and O–H groups in total. The molecule has 1 aliphatic carbocycles. The summed E-state index contributed by atoms with van der Waals surface area (Å²) in [6.45, 7) is -2.51. The molecule has 0 spiro atoms. The third-order valence-electron chi connectivity index (χ3n) is 6.87. The molecule has 8 nitrogen and oxygen atoms in total. The SMILES string of the molecule is CC(Cc1ccc(-c2c(Cl)c(C(=O)NCC3(O)CCC(S(C)(=O)=O)CC3)nn2C)c(OC(F)F)c1)C(F)(F)F. The van der Waals surface area contributed by atoms with E-state index in [-0.39, 0.29) is 59.8 Å². The molecule has 218 valence electrons. The van der Waals surface area contributed by atoms with Gasteiger partial charge in [-0.05, 0) is 49.8 Å². The molecule has 0 saturated heterocycles. The van der Waals surface area contributed by atoms with Crippen LogP contribution < -0.4 is 10.1 Å². The molecule has 1 fully saturated rings. The Labute approximate surface area is 227 Å². The second-order valence-corrected chi connectivity index (χ2v) is 12.6. The fourth-order valence-electron chi connectivity index (χ4n) is 4.55. The van der Waals surface area contributed by atoms with Gasteiger partial charge in [-0.2, -0.15) is 27.1 Å². The number of hydrogen-bond acceptors (Lipinski definition) is 6. The van der Waals surface area contributed by atoms with Crippen molar-refractivity contribution in [2.45, 2.75) is 62.7 Å². The second-order valence-electron chi connectivity index (χ2n) is 9.93. The summed E-state index contributed by atoms with van der Waals surface area (Å²) in [6.07, 6.45) is -3.02. The zero-order valence-corrected chi connectivity index (χ0v) is 22.9. The average Bonchev–Trinajstić information content (AvgIpc) is 3.10. The molecule has 1 aromatic heterocycles. The van der Waals surface area contributed by atoms with Gasteiger partial charge in [0.05, 0.1) is 27.5 Å². The van der Waals surface area contributed by atoms with E-state index in [0.717, 1.165) is 23.9 Å². The van der Waals surface area contributed by atoms with Crippen molar-refractivity contribution >= 4 is 27.3 Å². The van der Waals surface area contributed by atoms with E-state index >= 15 is 0 Å². The Bertz CT molecular complexity index is 1310. The molecular weight excluding hydrogens is 573 g/mol. The number of aryl methyl sites for hydroxylation is 1. The first-order valence-electron chi connectivity index (χ1n) is 12.0. The normalized spacial score (nSPS) is 21.2. The molecule has 15 heteroatoms. The number of aliphatic hydroxyl groups is 1. The van der Waals surface area contributed by atoms with Crippen molar-refractivity contribution in [3.63, 3.8) is 0 Å². The Morgan fingerprint density at radius 2 is 1.92 bits per heavy atom. The number of benzene rings is 1. The minimum Gasteiger partial charge on any atom is -0.434 e. The molecule has 1 atom stereocenters. The summed E-state index contributed by atoms with van der Waals surface area (Å²) in [7, 11) is -1.85. The van der Waals surface area contributed by atoms with Crippen LogP contribution in [0.3, 0.4) is 0 Å². The number of carbonyl (C=O) groups is 1. The number of ether oxygens (including phenoxy) is 1. The van der Waals surface area contributed by atoms with Crippen molar-refractivity contribution < 1.29 is 45.0 Å². The van der Waals surface area contributed by atoms with Gasteiger partial charge in [0.1, 0.15) is 15.6 Å². The van der Waals surface area contributed by atoms with Crippen LogP contribution in [0.4, 0.5) is 22.0 Å². The van der Waals surface area contributed by atoms with Crippen molar-refractivity contribution in [1.29, 1.82) is 0 Å². The lowest BCUT2D eigenvalue weighted by Crippen LogP contribution is -2.47. The lowest BCUT2D eigenvalue weighted by molar-refractivity contribution is -0.169. The Hall–Kier alpha value is -2.45. The molecular formula is C24H29ClF5N3O5S. The first-order valence-corrected chi connectivity index (χ1v) is 14.3. The number of alkyl halides is 5. The minimum absolute atomic E-state index is 0.0141. The molecule has 0 aliphatic heterocycles. The minimum atomic E-state index is -4.48. The third-order valence-corrected chi connectivity index (χ3v) is 8.91. The van der Waals surface area contributed by atoms with Gasteiger partial charge in [-0.3, -0.25) is 9.48 Å². The van der Waals surface area contributed by atoms with Crippen LogP contribution in [0.25, 0.3) is 11.3 Å². The van der Waals surface area contributed by atoms with E-state index in [4.69, 9.17) is 11.6 Å². The van der Waals surface area contributed by atoms with E-state index in [0.29, 0.717) is 0 Å². The highest BCUT2D eigenvalue weighted by Crippen LogP contribution is 2.39. The number of nitrogens with one attached hydrogen (secondary N) is 1. The Kier molecular flexibility index (Phi) is 9.22. The zero-order valence-electron chi connectivity index (χ0n) is 21.4. The number of halogens is 6. The summed E-state index contributed by atoms with van der Waals surface area (Å²) in [5.41, 5.74) is -1.51. The van der Waals surface area contributed by atoms with Gasteiger partial charge >= 0.3 is 12.8 Å². The number of amides is 1. The van der Waals surface area contributed by atoms with Gasteiger partial charge in [0.15, 0.2) is 5.69 Å². The summed E-state index contributed by atoms with van der Waals surface area (Å²) < 4.78 is 94.5. The fourth-order valence-corrected chi connectivity index (χ4v) is 5.99. The summed E-state index contributed by atoms with van der Waals surface area (Å²) >= 11 is 6.41. The summed E-state index contributed by atoms with van der Waals surface area (Å²) in [5, 5.41) is 16.6. The van der Waals surface area contributed by atoms with Gasteiger partial charge < -0.3 is 15.2 Å². The van der Waals surface area contributed by atoms with E-state index in [9.17, 15) is 40.3 Å². The molecule has 1 aliphatic rings. The summed E-state index contributed by atoms with van der Waals surface area (Å²) in [4.78, 5) is 12.9. The molecule has 1 unspecified atom stereocenters. The van der Waals surface area contributed by atoms with Crippen LogP contribution in [0, 0.1) is 5.92 Å². The van der Waals surface area contributed by atoms with Crippen LogP contribution in [0.1, 0.15) is 48.7 Å². The topological polar surface area (TPSA) is 111 Å². The highest BCUT2D eigenvalue weighted by Gasteiger charge is 2.38. The molecule has 1 heterocycles. The van der Waals surface area contributed by atoms with Crippen LogP contribution in [0.5, 0.6) is 5.75 Å². The standard InChI is InChI=1S/C24H29ClF5N3O5S/c1-13(24(28,29)30)10-14-4-5-16(17(11-14)38-22(26)27)20-18(25)19(32-33(20)2)21(34)31-12-23(35)8-6-15(7-9-23)39(3,36)37/h4-5,11,13,15,22,35H,6-10,12H2,1-3H3,(H,31,34). The largest absolute Gasteiger partial charge is 0.434 e. The van der Waals surface area contributed by atoms with E-state index in [1.54, 1.807) is 0 Å². The van der Waals surface area contributed by atoms with Crippen molar-refractivity contribution in [2.24, 2.45) is 13.0 Å². The predicted molar refractivity (Wildman–Crippen MR) is 134 cm³/mol. The maximum atomic E-state index is 13.2. The molecule has 0 bridgehead atoms. The number of carbonyl (C=O) groups excluding carboxylic acids is 1. The molecule has 0 radical (unpaired) electrons. The number of hydrogen-bond donors (Lipinski definition) is 2. The Balaban J connectivity index is 1.82. The van der Waals surface area contributed by atoms with Gasteiger partial charge in [-0.15, -0.1) is 0 Å². The van der Waals surface area contributed by atoms with Crippen LogP contribution in [0.2, 0.25) is 5.02 Å². The van der Waals surface area contributed by atoms with E-state index in [1.807, 2.05) is 0 Å². The molecule has 2 aromatic rings. The highest BCUT2D eigenvalue weighted by atomic mass is 35.5. The van der Waals surface area contributed by atoms with Crippen molar-refractivity contribution in [3.8, 4) is 17.0 Å². The first-order chi connectivity index (χ1) is 17.9. The fraction of sp³-hybridized carbons (Fsp3) is 0.583. The Morgan fingerprint density at radius 3 is 2.46 bits per heavy atom. The predicted octanol–water partition coefficient (Wildman–Crippen LogP) is 4.53. The van der Waals surface area contributed by atoms with Crippen LogP contribution in [-0.4, -0.2) is 65.7 Å². The maximum absolute atomic E-state index is 13.2. The smallest absolute Gasteiger partial charge is 0.391 e.